The number of hydrogen-bond donors (Lipinski definition) is 1. The number of rotatable bonds is 5. The van der Waals surface area contributed by atoms with Crippen LogP contribution in [0.15, 0.2) is 0 Å². The quantitative estimate of drug-likeness (QED) is 0.838. The summed E-state index contributed by atoms with van der Waals surface area (Å²) < 4.78 is 0. The Morgan fingerprint density at radius 3 is 2.55 bits per heavy atom. The van der Waals surface area contributed by atoms with Crippen LogP contribution in [-0.2, 0) is 4.79 Å². The van der Waals surface area contributed by atoms with Crippen molar-refractivity contribution in [2.24, 2.45) is 5.92 Å². The molecule has 1 amide bonds. The third-order valence-electron chi connectivity index (χ3n) is 5.05. The van der Waals surface area contributed by atoms with Gasteiger partial charge in [0.05, 0.1) is 6.10 Å². The predicted molar refractivity (Wildman–Crippen MR) is 81.5 cm³/mol. The summed E-state index contributed by atoms with van der Waals surface area (Å²) in [6.07, 6.45) is 12.4. The molecule has 1 aliphatic carbocycles. The van der Waals surface area contributed by atoms with Crippen molar-refractivity contribution in [1.29, 1.82) is 0 Å². The lowest BCUT2D eigenvalue weighted by Gasteiger charge is -2.37. The van der Waals surface area contributed by atoms with Crippen molar-refractivity contribution in [1.82, 2.24) is 4.90 Å². The molecule has 3 nitrogen and oxygen atoms in total. The zero-order chi connectivity index (χ0) is 14.4. The molecule has 2 rings (SSSR count). The highest BCUT2D eigenvalue weighted by Gasteiger charge is 2.27. The van der Waals surface area contributed by atoms with E-state index in [4.69, 9.17) is 0 Å². The van der Waals surface area contributed by atoms with Gasteiger partial charge in [-0.1, -0.05) is 32.1 Å². The number of carbonyl (C=O) groups is 1. The van der Waals surface area contributed by atoms with Crippen molar-refractivity contribution < 1.29 is 9.90 Å². The minimum Gasteiger partial charge on any atom is -0.393 e. The SMILES string of the molecule is CC(O)CC1CCCCN1C(=O)CCC1CCCCC1. The zero-order valence-corrected chi connectivity index (χ0v) is 13.0. The van der Waals surface area contributed by atoms with Crippen LogP contribution in [0.2, 0.25) is 0 Å². The molecule has 0 aromatic rings. The average molecular weight is 281 g/mol. The fraction of sp³-hybridized carbons (Fsp3) is 0.941. The lowest BCUT2D eigenvalue weighted by Crippen LogP contribution is -2.45. The topological polar surface area (TPSA) is 40.5 Å². The smallest absolute Gasteiger partial charge is 0.222 e. The molecule has 1 heterocycles. The summed E-state index contributed by atoms with van der Waals surface area (Å²) in [5.74, 6) is 1.12. The van der Waals surface area contributed by atoms with Gasteiger partial charge in [-0.2, -0.15) is 0 Å². The third-order valence-corrected chi connectivity index (χ3v) is 5.05. The van der Waals surface area contributed by atoms with Gasteiger partial charge in [0.15, 0.2) is 0 Å². The van der Waals surface area contributed by atoms with Crippen LogP contribution in [-0.4, -0.2) is 34.6 Å². The van der Waals surface area contributed by atoms with Crippen molar-refractivity contribution in [3.8, 4) is 0 Å². The lowest BCUT2D eigenvalue weighted by atomic mass is 9.86. The van der Waals surface area contributed by atoms with E-state index in [1.54, 1.807) is 0 Å². The molecule has 2 fully saturated rings. The first-order chi connectivity index (χ1) is 9.66. The summed E-state index contributed by atoms with van der Waals surface area (Å²) in [5, 5.41) is 9.60. The fourth-order valence-corrected chi connectivity index (χ4v) is 3.91. The van der Waals surface area contributed by atoms with Crippen molar-refractivity contribution in [2.75, 3.05) is 6.54 Å². The van der Waals surface area contributed by atoms with Gasteiger partial charge in [-0.25, -0.2) is 0 Å². The molecule has 0 aromatic heterocycles. The number of hydrogen-bond acceptors (Lipinski definition) is 2. The minimum atomic E-state index is -0.299. The second kappa shape index (κ2) is 8.02. The maximum Gasteiger partial charge on any atom is 0.222 e. The number of aliphatic hydroxyl groups excluding tert-OH is 1. The lowest BCUT2D eigenvalue weighted by molar-refractivity contribution is -0.135. The molecular formula is C17H31NO2. The van der Waals surface area contributed by atoms with Gasteiger partial charge in [0.2, 0.25) is 5.91 Å². The van der Waals surface area contributed by atoms with E-state index >= 15 is 0 Å². The molecule has 1 saturated heterocycles. The molecular weight excluding hydrogens is 250 g/mol. The van der Waals surface area contributed by atoms with Crippen LogP contribution < -0.4 is 0 Å². The fourth-order valence-electron chi connectivity index (χ4n) is 3.91. The normalized spacial score (nSPS) is 26.5. The Kier molecular flexibility index (Phi) is 6.34. The number of piperidine rings is 1. The average Bonchev–Trinajstić information content (AvgIpc) is 2.46. The number of carbonyl (C=O) groups excluding carboxylic acids is 1. The summed E-state index contributed by atoms with van der Waals surface area (Å²) in [5.41, 5.74) is 0. The van der Waals surface area contributed by atoms with E-state index < -0.39 is 0 Å². The first-order valence-electron chi connectivity index (χ1n) is 8.64. The Balaban J connectivity index is 1.79. The molecule has 0 bridgehead atoms. The molecule has 116 valence electrons. The van der Waals surface area contributed by atoms with Crippen LogP contribution in [0, 0.1) is 5.92 Å². The van der Waals surface area contributed by atoms with Crippen molar-refractivity contribution in [2.45, 2.75) is 89.7 Å². The van der Waals surface area contributed by atoms with Gasteiger partial charge in [0.1, 0.15) is 0 Å². The van der Waals surface area contributed by atoms with E-state index in [1.807, 2.05) is 6.92 Å². The highest BCUT2D eigenvalue weighted by atomic mass is 16.3. The molecule has 0 spiro atoms. The first-order valence-corrected chi connectivity index (χ1v) is 8.64. The molecule has 2 unspecified atom stereocenters. The van der Waals surface area contributed by atoms with E-state index in [2.05, 4.69) is 4.90 Å². The van der Waals surface area contributed by atoms with Gasteiger partial charge in [-0.05, 0) is 44.9 Å². The molecule has 2 aliphatic rings. The Bertz CT molecular complexity index is 297. The molecule has 1 N–H and O–H groups in total. The van der Waals surface area contributed by atoms with Gasteiger partial charge in [-0.3, -0.25) is 4.79 Å². The van der Waals surface area contributed by atoms with Crippen molar-refractivity contribution >= 4 is 5.91 Å². The van der Waals surface area contributed by atoms with E-state index in [9.17, 15) is 9.90 Å². The highest BCUT2D eigenvalue weighted by Crippen LogP contribution is 2.28. The summed E-state index contributed by atoms with van der Waals surface area (Å²) >= 11 is 0. The summed E-state index contributed by atoms with van der Waals surface area (Å²) in [4.78, 5) is 14.5. The van der Waals surface area contributed by atoms with E-state index in [0.717, 1.165) is 44.6 Å². The number of aliphatic hydroxyl groups is 1. The van der Waals surface area contributed by atoms with Crippen molar-refractivity contribution in [3.63, 3.8) is 0 Å². The van der Waals surface area contributed by atoms with Gasteiger partial charge >= 0.3 is 0 Å². The predicted octanol–water partition coefficient (Wildman–Crippen LogP) is 3.50. The minimum absolute atomic E-state index is 0.280. The largest absolute Gasteiger partial charge is 0.393 e. The van der Waals surface area contributed by atoms with Crippen molar-refractivity contribution in [3.05, 3.63) is 0 Å². The van der Waals surface area contributed by atoms with Crippen LogP contribution in [0.3, 0.4) is 0 Å². The molecule has 0 aromatic carbocycles. The van der Waals surface area contributed by atoms with E-state index in [1.165, 1.54) is 38.5 Å². The maximum absolute atomic E-state index is 12.5. The summed E-state index contributed by atoms with van der Waals surface area (Å²) in [6.45, 7) is 2.74. The number of nitrogens with zero attached hydrogens (tertiary/aromatic N) is 1. The van der Waals surface area contributed by atoms with Crippen LogP contribution in [0.4, 0.5) is 0 Å². The summed E-state index contributed by atoms with van der Waals surface area (Å²) in [6, 6.07) is 0.280. The van der Waals surface area contributed by atoms with Crippen LogP contribution in [0.25, 0.3) is 0 Å². The van der Waals surface area contributed by atoms with Crippen LogP contribution in [0.5, 0.6) is 0 Å². The monoisotopic (exact) mass is 281 g/mol. The molecule has 3 heteroatoms. The number of amides is 1. The van der Waals surface area contributed by atoms with Crippen LogP contribution in [0.1, 0.15) is 77.6 Å². The first kappa shape index (κ1) is 15.8. The Morgan fingerprint density at radius 2 is 1.85 bits per heavy atom. The molecule has 1 saturated carbocycles. The standard InChI is InChI=1S/C17H31NO2/c1-14(19)13-16-9-5-6-12-18(16)17(20)11-10-15-7-3-2-4-8-15/h14-16,19H,2-13H2,1H3. The zero-order valence-electron chi connectivity index (χ0n) is 13.0. The van der Waals surface area contributed by atoms with E-state index in [-0.39, 0.29) is 12.1 Å². The highest BCUT2D eigenvalue weighted by molar-refractivity contribution is 5.76. The van der Waals surface area contributed by atoms with Gasteiger partial charge in [0.25, 0.3) is 0 Å². The Labute approximate surface area is 123 Å². The van der Waals surface area contributed by atoms with Crippen LogP contribution >= 0.6 is 0 Å². The van der Waals surface area contributed by atoms with E-state index in [0.29, 0.717) is 5.91 Å². The molecule has 0 radical (unpaired) electrons. The second-order valence-electron chi connectivity index (χ2n) is 6.86. The van der Waals surface area contributed by atoms with Gasteiger partial charge in [-0.15, -0.1) is 0 Å². The summed E-state index contributed by atoms with van der Waals surface area (Å²) in [7, 11) is 0. The molecule has 20 heavy (non-hydrogen) atoms. The Morgan fingerprint density at radius 1 is 1.15 bits per heavy atom. The van der Waals surface area contributed by atoms with Gasteiger partial charge < -0.3 is 10.0 Å². The third kappa shape index (κ3) is 4.76. The van der Waals surface area contributed by atoms with Gasteiger partial charge in [0, 0.05) is 19.0 Å². The number of likely N-dealkylation sites (tertiary alicyclic amines) is 1. The maximum atomic E-state index is 12.5. The second-order valence-corrected chi connectivity index (χ2v) is 6.86. The molecule has 1 aliphatic heterocycles. The Hall–Kier alpha value is -0.570. The molecule has 2 atom stereocenters.